The Morgan fingerprint density at radius 3 is 2.68 bits per heavy atom. The first-order valence-corrected chi connectivity index (χ1v) is 5.93. The van der Waals surface area contributed by atoms with Gasteiger partial charge in [0.2, 0.25) is 0 Å². The Balaban J connectivity index is 2.14. The number of hydrazone groups is 1. The fourth-order valence-electron chi connectivity index (χ4n) is 1.68. The number of aryl methyl sites for hydroxylation is 1. The molecule has 0 atom stereocenters. The van der Waals surface area contributed by atoms with E-state index in [1.807, 2.05) is 31.2 Å². The highest BCUT2D eigenvalue weighted by Crippen LogP contribution is 2.28. The van der Waals surface area contributed by atoms with Crippen LogP contribution in [0.1, 0.15) is 11.1 Å². The molecule has 0 fully saturated rings. The van der Waals surface area contributed by atoms with Crippen molar-refractivity contribution in [2.24, 2.45) is 5.10 Å². The zero-order valence-electron chi connectivity index (χ0n) is 10.9. The van der Waals surface area contributed by atoms with Crippen LogP contribution in [0.5, 0.6) is 11.5 Å². The standard InChI is InChI=1S/C15H16N2O2/c1-11-6-3-4-8-13(11)17-16-10-12-7-5-9-14(19-2)15(12)18/h3-10,17-18H,1-2H3/b16-10+. The summed E-state index contributed by atoms with van der Waals surface area (Å²) < 4.78 is 5.04. The molecule has 0 amide bonds. The Morgan fingerprint density at radius 1 is 1.16 bits per heavy atom. The molecule has 98 valence electrons. The molecule has 0 unspecified atom stereocenters. The van der Waals surface area contributed by atoms with Crippen LogP contribution >= 0.6 is 0 Å². The van der Waals surface area contributed by atoms with Gasteiger partial charge >= 0.3 is 0 Å². The summed E-state index contributed by atoms with van der Waals surface area (Å²) in [5.41, 5.74) is 5.58. The van der Waals surface area contributed by atoms with E-state index in [1.165, 1.54) is 7.11 Å². The van der Waals surface area contributed by atoms with E-state index in [2.05, 4.69) is 10.5 Å². The maximum absolute atomic E-state index is 9.90. The van der Waals surface area contributed by atoms with Gasteiger partial charge in [0.1, 0.15) is 0 Å². The normalized spacial score (nSPS) is 10.6. The summed E-state index contributed by atoms with van der Waals surface area (Å²) in [6.07, 6.45) is 1.56. The molecule has 0 aliphatic rings. The lowest BCUT2D eigenvalue weighted by Crippen LogP contribution is -1.94. The van der Waals surface area contributed by atoms with Crippen LogP contribution in [-0.4, -0.2) is 18.4 Å². The summed E-state index contributed by atoms with van der Waals surface area (Å²) >= 11 is 0. The van der Waals surface area contributed by atoms with Crippen LogP contribution in [0.3, 0.4) is 0 Å². The molecule has 0 aliphatic heterocycles. The van der Waals surface area contributed by atoms with Crippen molar-refractivity contribution in [2.45, 2.75) is 6.92 Å². The van der Waals surface area contributed by atoms with Gasteiger partial charge < -0.3 is 9.84 Å². The first-order valence-electron chi connectivity index (χ1n) is 5.93. The number of para-hydroxylation sites is 2. The first kappa shape index (κ1) is 13.0. The zero-order chi connectivity index (χ0) is 13.7. The van der Waals surface area contributed by atoms with Gasteiger partial charge in [-0.25, -0.2) is 0 Å². The molecule has 0 bridgehead atoms. The van der Waals surface area contributed by atoms with Crippen molar-refractivity contribution in [2.75, 3.05) is 12.5 Å². The van der Waals surface area contributed by atoms with Gasteiger partial charge in [0.05, 0.1) is 19.0 Å². The molecule has 0 heterocycles. The predicted molar refractivity (Wildman–Crippen MR) is 77.1 cm³/mol. The van der Waals surface area contributed by atoms with Crippen LogP contribution in [-0.2, 0) is 0 Å². The highest BCUT2D eigenvalue weighted by atomic mass is 16.5. The Labute approximate surface area is 112 Å². The summed E-state index contributed by atoms with van der Waals surface area (Å²) in [4.78, 5) is 0. The van der Waals surface area contributed by atoms with Gasteiger partial charge in [-0.05, 0) is 30.7 Å². The number of ether oxygens (including phenoxy) is 1. The molecular weight excluding hydrogens is 240 g/mol. The minimum Gasteiger partial charge on any atom is -0.504 e. The highest BCUT2D eigenvalue weighted by molar-refractivity contribution is 5.85. The summed E-state index contributed by atoms with van der Waals surface area (Å²) in [6.45, 7) is 2.00. The third kappa shape index (κ3) is 3.04. The van der Waals surface area contributed by atoms with Crippen molar-refractivity contribution in [3.8, 4) is 11.5 Å². The molecule has 4 nitrogen and oxygen atoms in total. The fourth-order valence-corrected chi connectivity index (χ4v) is 1.68. The number of methoxy groups -OCH3 is 1. The van der Waals surface area contributed by atoms with Gasteiger partial charge in [-0.15, -0.1) is 0 Å². The van der Waals surface area contributed by atoms with Gasteiger partial charge in [-0.1, -0.05) is 24.3 Å². The molecule has 4 heteroatoms. The van der Waals surface area contributed by atoms with Crippen molar-refractivity contribution in [1.29, 1.82) is 0 Å². The van der Waals surface area contributed by atoms with Gasteiger partial charge in [0.15, 0.2) is 11.5 Å². The minimum atomic E-state index is 0.0836. The van der Waals surface area contributed by atoms with E-state index < -0.39 is 0 Å². The summed E-state index contributed by atoms with van der Waals surface area (Å²) in [5.74, 6) is 0.514. The van der Waals surface area contributed by atoms with E-state index in [-0.39, 0.29) is 5.75 Å². The minimum absolute atomic E-state index is 0.0836. The number of phenols is 1. The number of nitrogens with zero attached hydrogens (tertiary/aromatic N) is 1. The summed E-state index contributed by atoms with van der Waals surface area (Å²) in [5, 5.41) is 14.0. The first-order chi connectivity index (χ1) is 9.22. The van der Waals surface area contributed by atoms with Crippen LogP contribution < -0.4 is 10.2 Å². The largest absolute Gasteiger partial charge is 0.504 e. The molecule has 2 aromatic rings. The monoisotopic (exact) mass is 256 g/mol. The van der Waals surface area contributed by atoms with Gasteiger partial charge in [-0.2, -0.15) is 5.10 Å². The number of phenolic OH excluding ortho intramolecular Hbond substituents is 1. The lowest BCUT2D eigenvalue weighted by atomic mass is 10.2. The van der Waals surface area contributed by atoms with Crippen LogP contribution in [0.4, 0.5) is 5.69 Å². The Hall–Kier alpha value is -2.49. The summed E-state index contributed by atoms with van der Waals surface area (Å²) in [7, 11) is 1.52. The van der Waals surface area contributed by atoms with Crippen LogP contribution in [0, 0.1) is 6.92 Å². The van der Waals surface area contributed by atoms with E-state index in [0.717, 1.165) is 11.3 Å². The maximum atomic E-state index is 9.90. The van der Waals surface area contributed by atoms with Crippen molar-refractivity contribution < 1.29 is 9.84 Å². The fraction of sp³-hybridized carbons (Fsp3) is 0.133. The van der Waals surface area contributed by atoms with E-state index in [9.17, 15) is 5.11 Å². The molecule has 0 aromatic heterocycles. The van der Waals surface area contributed by atoms with Crippen LogP contribution in [0.25, 0.3) is 0 Å². The Bertz CT molecular complexity index is 594. The van der Waals surface area contributed by atoms with Crippen molar-refractivity contribution >= 4 is 11.9 Å². The zero-order valence-corrected chi connectivity index (χ0v) is 10.9. The average Bonchev–Trinajstić information content (AvgIpc) is 2.43. The molecule has 0 aliphatic carbocycles. The number of hydrogen-bond acceptors (Lipinski definition) is 4. The van der Waals surface area contributed by atoms with Crippen LogP contribution in [0.15, 0.2) is 47.6 Å². The average molecular weight is 256 g/mol. The van der Waals surface area contributed by atoms with Crippen molar-refractivity contribution in [3.05, 3.63) is 53.6 Å². The third-order valence-electron chi connectivity index (χ3n) is 2.78. The molecule has 2 N–H and O–H groups in total. The smallest absolute Gasteiger partial charge is 0.166 e. The van der Waals surface area contributed by atoms with E-state index in [4.69, 9.17) is 4.74 Å². The lowest BCUT2D eigenvalue weighted by molar-refractivity contribution is 0.373. The molecule has 0 radical (unpaired) electrons. The number of nitrogens with one attached hydrogen (secondary N) is 1. The lowest BCUT2D eigenvalue weighted by Gasteiger charge is -2.06. The van der Waals surface area contributed by atoms with Crippen LogP contribution in [0.2, 0.25) is 0 Å². The number of aromatic hydroxyl groups is 1. The molecule has 0 saturated carbocycles. The number of anilines is 1. The second-order valence-corrected chi connectivity index (χ2v) is 4.08. The maximum Gasteiger partial charge on any atom is 0.166 e. The third-order valence-corrected chi connectivity index (χ3v) is 2.78. The quantitative estimate of drug-likeness (QED) is 0.652. The predicted octanol–water partition coefficient (Wildman–Crippen LogP) is 3.16. The van der Waals surface area contributed by atoms with Gasteiger partial charge in [0, 0.05) is 5.56 Å². The van der Waals surface area contributed by atoms with Crippen molar-refractivity contribution in [1.82, 2.24) is 0 Å². The molecule has 2 aromatic carbocycles. The Morgan fingerprint density at radius 2 is 1.95 bits per heavy atom. The second kappa shape index (κ2) is 5.91. The summed E-state index contributed by atoms with van der Waals surface area (Å²) in [6, 6.07) is 13.1. The molecular formula is C15H16N2O2. The van der Waals surface area contributed by atoms with E-state index in [1.54, 1.807) is 24.4 Å². The number of rotatable bonds is 4. The van der Waals surface area contributed by atoms with Gasteiger partial charge in [-0.3, -0.25) is 5.43 Å². The topological polar surface area (TPSA) is 53.8 Å². The SMILES string of the molecule is COc1cccc(/C=N/Nc2ccccc2C)c1O. The molecule has 0 saturated heterocycles. The molecule has 0 spiro atoms. The van der Waals surface area contributed by atoms with Gasteiger partial charge in [0.25, 0.3) is 0 Å². The highest BCUT2D eigenvalue weighted by Gasteiger charge is 2.04. The second-order valence-electron chi connectivity index (χ2n) is 4.08. The van der Waals surface area contributed by atoms with Crippen molar-refractivity contribution in [3.63, 3.8) is 0 Å². The molecule has 2 rings (SSSR count). The van der Waals surface area contributed by atoms with E-state index in [0.29, 0.717) is 11.3 Å². The van der Waals surface area contributed by atoms with E-state index >= 15 is 0 Å². The number of benzene rings is 2. The Kier molecular flexibility index (Phi) is 4.03. The molecule has 19 heavy (non-hydrogen) atoms. The number of hydrogen-bond donors (Lipinski definition) is 2.